The van der Waals surface area contributed by atoms with Gasteiger partial charge in [0.25, 0.3) is 0 Å². The summed E-state index contributed by atoms with van der Waals surface area (Å²) in [6.45, 7) is 6.97. The van der Waals surface area contributed by atoms with Crippen LogP contribution in [0.25, 0.3) is 0 Å². The molecule has 1 rings (SSSR count). The van der Waals surface area contributed by atoms with Crippen LogP contribution in [0.1, 0.15) is 71.6 Å². The fourth-order valence-corrected chi connectivity index (χ4v) is 2.72. The Morgan fingerprint density at radius 1 is 0.824 bits per heavy atom. The highest BCUT2D eigenvalue weighted by atomic mass is 15.0. The smallest absolute Gasteiger partial charge is 0.00818 e. The van der Waals surface area contributed by atoms with E-state index in [0.29, 0.717) is 0 Å². The van der Waals surface area contributed by atoms with Gasteiger partial charge < -0.3 is 10.6 Å². The molecule has 0 bridgehead atoms. The molecule has 17 heavy (non-hydrogen) atoms. The highest BCUT2D eigenvalue weighted by Gasteiger charge is 2.20. The van der Waals surface area contributed by atoms with E-state index in [1.807, 2.05) is 0 Å². The quantitative estimate of drug-likeness (QED) is 0.603. The Morgan fingerprint density at radius 2 is 1.41 bits per heavy atom. The van der Waals surface area contributed by atoms with Crippen molar-refractivity contribution >= 4 is 0 Å². The third-order valence-corrected chi connectivity index (χ3v) is 3.85. The van der Waals surface area contributed by atoms with Crippen LogP contribution in [0.3, 0.4) is 0 Å². The van der Waals surface area contributed by atoms with Crippen molar-refractivity contribution in [3.05, 3.63) is 0 Å². The van der Waals surface area contributed by atoms with Gasteiger partial charge in [-0.25, -0.2) is 0 Å². The molecule has 0 aromatic carbocycles. The standard InChI is InChI=1S/C15H32N2/c1-3-5-7-12-17-15-10-8-9-14(13-15)16-11-6-4-2/h14-17H,3-13H2,1-2H3. The fraction of sp³-hybridized carbons (Fsp3) is 1.00. The molecular weight excluding hydrogens is 208 g/mol. The monoisotopic (exact) mass is 240 g/mol. The van der Waals surface area contributed by atoms with Gasteiger partial charge in [-0.3, -0.25) is 0 Å². The first kappa shape index (κ1) is 15.0. The lowest BCUT2D eigenvalue weighted by Gasteiger charge is -2.30. The zero-order valence-electron chi connectivity index (χ0n) is 11.9. The molecule has 102 valence electrons. The summed E-state index contributed by atoms with van der Waals surface area (Å²) < 4.78 is 0. The zero-order valence-corrected chi connectivity index (χ0v) is 11.9. The van der Waals surface area contributed by atoms with Crippen molar-refractivity contribution in [1.82, 2.24) is 10.6 Å². The van der Waals surface area contributed by atoms with Gasteiger partial charge in [-0.05, 0) is 45.2 Å². The van der Waals surface area contributed by atoms with Gasteiger partial charge in [-0.2, -0.15) is 0 Å². The van der Waals surface area contributed by atoms with Gasteiger partial charge in [0.2, 0.25) is 0 Å². The zero-order chi connectivity index (χ0) is 12.3. The van der Waals surface area contributed by atoms with Crippen molar-refractivity contribution in [3.8, 4) is 0 Å². The highest BCUT2D eigenvalue weighted by molar-refractivity contribution is 4.81. The average molecular weight is 240 g/mol. The molecule has 2 nitrogen and oxygen atoms in total. The van der Waals surface area contributed by atoms with Crippen LogP contribution in [0.4, 0.5) is 0 Å². The van der Waals surface area contributed by atoms with Crippen molar-refractivity contribution in [3.63, 3.8) is 0 Å². The van der Waals surface area contributed by atoms with Gasteiger partial charge in [0.15, 0.2) is 0 Å². The Bertz CT molecular complexity index is 170. The van der Waals surface area contributed by atoms with E-state index in [4.69, 9.17) is 0 Å². The molecule has 0 heterocycles. The molecule has 1 aliphatic carbocycles. The van der Waals surface area contributed by atoms with Crippen molar-refractivity contribution in [1.29, 1.82) is 0 Å². The van der Waals surface area contributed by atoms with Crippen LogP contribution in [0.15, 0.2) is 0 Å². The van der Waals surface area contributed by atoms with E-state index >= 15 is 0 Å². The second kappa shape index (κ2) is 9.90. The third-order valence-electron chi connectivity index (χ3n) is 3.85. The van der Waals surface area contributed by atoms with Gasteiger partial charge in [0.05, 0.1) is 0 Å². The van der Waals surface area contributed by atoms with E-state index in [2.05, 4.69) is 24.5 Å². The molecule has 0 amide bonds. The summed E-state index contributed by atoms with van der Waals surface area (Å²) in [5.74, 6) is 0. The highest BCUT2D eigenvalue weighted by Crippen LogP contribution is 2.18. The maximum atomic E-state index is 3.74. The van der Waals surface area contributed by atoms with Gasteiger partial charge in [0, 0.05) is 12.1 Å². The molecule has 0 aromatic rings. The lowest BCUT2D eigenvalue weighted by Crippen LogP contribution is -2.42. The minimum atomic E-state index is 0.777. The normalized spacial score (nSPS) is 25.1. The van der Waals surface area contributed by atoms with Crippen LogP contribution in [-0.2, 0) is 0 Å². The summed E-state index contributed by atoms with van der Waals surface area (Å²) in [4.78, 5) is 0. The molecular formula is C15H32N2. The van der Waals surface area contributed by atoms with Crippen LogP contribution in [-0.4, -0.2) is 25.2 Å². The molecule has 1 aliphatic rings. The summed E-state index contributed by atoms with van der Waals surface area (Å²) in [5.41, 5.74) is 0. The van der Waals surface area contributed by atoms with Crippen LogP contribution < -0.4 is 10.6 Å². The summed E-state index contributed by atoms with van der Waals surface area (Å²) >= 11 is 0. The van der Waals surface area contributed by atoms with E-state index < -0.39 is 0 Å². The lowest BCUT2D eigenvalue weighted by molar-refractivity contribution is 0.301. The van der Waals surface area contributed by atoms with E-state index in [1.54, 1.807) is 0 Å². The Balaban J connectivity index is 2.06. The molecule has 2 N–H and O–H groups in total. The van der Waals surface area contributed by atoms with E-state index in [0.717, 1.165) is 12.1 Å². The van der Waals surface area contributed by atoms with Crippen LogP contribution in [0, 0.1) is 0 Å². The van der Waals surface area contributed by atoms with Gasteiger partial charge in [-0.15, -0.1) is 0 Å². The molecule has 2 heteroatoms. The summed E-state index contributed by atoms with van der Waals surface area (Å²) in [6, 6.07) is 1.55. The van der Waals surface area contributed by atoms with Gasteiger partial charge in [-0.1, -0.05) is 39.5 Å². The third kappa shape index (κ3) is 7.05. The predicted octanol–water partition coefficient (Wildman–Crippen LogP) is 3.47. The minimum Gasteiger partial charge on any atom is -0.314 e. The maximum Gasteiger partial charge on any atom is 0.00818 e. The summed E-state index contributed by atoms with van der Waals surface area (Å²) in [6.07, 6.45) is 12.2. The lowest BCUT2D eigenvalue weighted by atomic mass is 9.91. The van der Waals surface area contributed by atoms with Gasteiger partial charge in [0.1, 0.15) is 0 Å². The Morgan fingerprint density at radius 3 is 2.00 bits per heavy atom. The van der Waals surface area contributed by atoms with Crippen molar-refractivity contribution in [2.45, 2.75) is 83.7 Å². The number of rotatable bonds is 9. The molecule has 1 fully saturated rings. The fourth-order valence-electron chi connectivity index (χ4n) is 2.72. The van der Waals surface area contributed by atoms with E-state index in [-0.39, 0.29) is 0 Å². The molecule has 0 aromatic heterocycles. The molecule has 1 saturated carbocycles. The molecule has 0 saturated heterocycles. The topological polar surface area (TPSA) is 24.1 Å². The Kier molecular flexibility index (Phi) is 8.72. The first-order valence-electron chi connectivity index (χ1n) is 7.83. The maximum absolute atomic E-state index is 3.74. The van der Waals surface area contributed by atoms with Crippen LogP contribution in [0.2, 0.25) is 0 Å². The Hall–Kier alpha value is -0.0800. The van der Waals surface area contributed by atoms with E-state index in [1.165, 1.54) is 70.9 Å². The second-order valence-electron chi connectivity index (χ2n) is 5.53. The van der Waals surface area contributed by atoms with E-state index in [9.17, 15) is 0 Å². The molecule has 0 spiro atoms. The average Bonchev–Trinajstić information content (AvgIpc) is 2.36. The minimum absolute atomic E-state index is 0.777. The molecule has 0 aliphatic heterocycles. The first-order chi connectivity index (χ1) is 8.36. The number of unbranched alkanes of at least 4 members (excludes halogenated alkanes) is 3. The van der Waals surface area contributed by atoms with Crippen LogP contribution >= 0.6 is 0 Å². The summed E-state index contributed by atoms with van der Waals surface area (Å²) in [7, 11) is 0. The van der Waals surface area contributed by atoms with Gasteiger partial charge >= 0.3 is 0 Å². The molecule has 2 unspecified atom stereocenters. The Labute approximate surface area is 108 Å². The first-order valence-corrected chi connectivity index (χ1v) is 7.83. The van der Waals surface area contributed by atoms with Crippen molar-refractivity contribution in [2.24, 2.45) is 0 Å². The predicted molar refractivity (Wildman–Crippen MR) is 76.5 cm³/mol. The molecule has 0 radical (unpaired) electrons. The second-order valence-corrected chi connectivity index (χ2v) is 5.53. The largest absolute Gasteiger partial charge is 0.314 e. The summed E-state index contributed by atoms with van der Waals surface area (Å²) in [5, 5.41) is 7.45. The number of nitrogens with one attached hydrogen (secondary N) is 2. The van der Waals surface area contributed by atoms with Crippen molar-refractivity contribution in [2.75, 3.05) is 13.1 Å². The van der Waals surface area contributed by atoms with Crippen LogP contribution in [0.5, 0.6) is 0 Å². The SMILES string of the molecule is CCCCCNC1CCCC(NCCCC)C1. The number of hydrogen-bond acceptors (Lipinski definition) is 2. The van der Waals surface area contributed by atoms with Crippen molar-refractivity contribution < 1.29 is 0 Å². The number of hydrogen-bond donors (Lipinski definition) is 2. The molecule has 2 atom stereocenters.